The van der Waals surface area contributed by atoms with Crippen LogP contribution in [-0.2, 0) is 20.9 Å². The number of amides is 1. The van der Waals surface area contributed by atoms with Crippen LogP contribution in [0.3, 0.4) is 0 Å². The number of esters is 1. The minimum absolute atomic E-state index is 0.0502. The zero-order chi connectivity index (χ0) is 18.4. The number of carbonyl (C=O) groups excluding carboxylic acids is 2. The zero-order valence-corrected chi connectivity index (χ0v) is 15.3. The highest BCUT2D eigenvalue weighted by Crippen LogP contribution is 2.53. The molecule has 1 amide bonds. The minimum Gasteiger partial charge on any atom is -0.456 e. The van der Waals surface area contributed by atoms with Gasteiger partial charge in [-0.05, 0) is 24.6 Å². The summed E-state index contributed by atoms with van der Waals surface area (Å²) in [5, 5.41) is 21.5. The summed E-state index contributed by atoms with van der Waals surface area (Å²) in [4.78, 5) is 35.9. The van der Waals surface area contributed by atoms with E-state index >= 15 is 0 Å². The lowest BCUT2D eigenvalue weighted by Crippen LogP contribution is -2.71. The van der Waals surface area contributed by atoms with Crippen molar-refractivity contribution in [1.29, 1.82) is 0 Å². The van der Waals surface area contributed by atoms with Crippen LogP contribution in [0.4, 0.5) is 5.69 Å². The van der Waals surface area contributed by atoms with Crippen LogP contribution in [0.5, 0.6) is 0 Å². The Morgan fingerprint density at radius 2 is 2.16 bits per heavy atom. The summed E-state index contributed by atoms with van der Waals surface area (Å²) in [5.74, 6) is -1.06. The molecule has 0 unspecified atom stereocenters. The number of benzene rings is 1. The van der Waals surface area contributed by atoms with Crippen molar-refractivity contribution in [2.45, 2.75) is 29.3 Å². The Bertz CT molecular complexity index is 781. The van der Waals surface area contributed by atoms with Crippen molar-refractivity contribution in [3.63, 3.8) is 0 Å². The number of halogens is 1. The first-order chi connectivity index (χ1) is 11.8. The van der Waals surface area contributed by atoms with Gasteiger partial charge >= 0.3 is 5.97 Å². The number of nitro groups is 1. The van der Waals surface area contributed by atoms with Crippen LogP contribution in [0, 0.1) is 10.1 Å². The first-order valence-electron chi connectivity index (χ1n) is 7.23. The van der Waals surface area contributed by atoms with Crippen molar-refractivity contribution in [2.75, 3.05) is 0 Å². The van der Waals surface area contributed by atoms with E-state index in [0.717, 1.165) is 0 Å². The number of thioether (sulfide) groups is 1. The Kier molecular flexibility index (Phi) is 4.60. The van der Waals surface area contributed by atoms with Crippen LogP contribution < -0.4 is 0 Å². The van der Waals surface area contributed by atoms with Crippen molar-refractivity contribution in [1.82, 2.24) is 4.90 Å². The molecule has 0 spiro atoms. The maximum absolute atomic E-state index is 12.3. The van der Waals surface area contributed by atoms with Crippen molar-refractivity contribution >= 4 is 45.3 Å². The van der Waals surface area contributed by atoms with Crippen LogP contribution in [0.15, 0.2) is 35.4 Å². The molecule has 25 heavy (non-hydrogen) atoms. The predicted octanol–water partition coefficient (Wildman–Crippen LogP) is 1.91. The van der Waals surface area contributed by atoms with Gasteiger partial charge in [-0.3, -0.25) is 19.8 Å². The number of β-lactam (4-membered cyclic amide) rings is 1. The van der Waals surface area contributed by atoms with E-state index in [4.69, 9.17) is 4.74 Å². The van der Waals surface area contributed by atoms with E-state index < -0.39 is 32.6 Å². The molecule has 1 saturated heterocycles. The molecule has 3 rings (SSSR count). The predicted molar refractivity (Wildman–Crippen MR) is 92.5 cm³/mol. The number of carbonyl (C=O) groups is 2. The standard InChI is InChI=1S/C15H13BrN2O6S/c1-8(19)15(16)13(21)17-11(7-25-14(15)17)12(20)24-6-9-2-4-10(5-3-9)18(22)23/h2-5,7-8,14,19H,6H2,1H3/t8-,14-,15+/m1/s1. The van der Waals surface area contributed by atoms with Crippen LogP contribution >= 0.6 is 27.7 Å². The van der Waals surface area contributed by atoms with Gasteiger partial charge in [0.05, 0.1) is 11.0 Å². The lowest BCUT2D eigenvalue weighted by molar-refractivity contribution is -0.384. The average molecular weight is 429 g/mol. The minimum atomic E-state index is -1.10. The Labute approximate surface area is 155 Å². The fourth-order valence-electron chi connectivity index (χ4n) is 2.57. The molecule has 1 fully saturated rings. The SMILES string of the molecule is C[C@@H](O)[C@]1(Br)C(=O)N2C(C(=O)OCc3ccc([N+](=O)[O-])cc3)=CS[C@@H]21. The normalized spacial score (nSPS) is 25.7. The quantitative estimate of drug-likeness (QED) is 0.250. The van der Waals surface area contributed by atoms with Gasteiger partial charge in [0.2, 0.25) is 0 Å². The lowest BCUT2D eigenvalue weighted by Gasteiger charge is -2.50. The number of non-ortho nitro benzene ring substituents is 1. The maximum atomic E-state index is 12.3. The van der Waals surface area contributed by atoms with Gasteiger partial charge < -0.3 is 9.84 Å². The molecule has 1 aromatic rings. The number of hydrogen-bond acceptors (Lipinski definition) is 7. The lowest BCUT2D eigenvalue weighted by atomic mass is 9.92. The van der Waals surface area contributed by atoms with Crippen molar-refractivity contribution in [3.8, 4) is 0 Å². The molecular formula is C15H13BrN2O6S. The molecule has 0 radical (unpaired) electrons. The van der Waals surface area contributed by atoms with Gasteiger partial charge in [-0.25, -0.2) is 4.79 Å². The molecule has 132 valence electrons. The monoisotopic (exact) mass is 428 g/mol. The summed E-state index contributed by atoms with van der Waals surface area (Å²) in [7, 11) is 0. The highest BCUT2D eigenvalue weighted by molar-refractivity contribution is 9.10. The fraction of sp³-hybridized carbons (Fsp3) is 0.333. The molecular weight excluding hydrogens is 416 g/mol. The zero-order valence-electron chi connectivity index (χ0n) is 12.9. The third-order valence-corrected chi connectivity index (χ3v) is 6.98. The van der Waals surface area contributed by atoms with E-state index in [1.54, 1.807) is 0 Å². The number of ether oxygens (including phenoxy) is 1. The van der Waals surface area contributed by atoms with E-state index in [2.05, 4.69) is 15.9 Å². The molecule has 1 aromatic carbocycles. The summed E-state index contributed by atoms with van der Waals surface area (Å²) < 4.78 is 4.08. The van der Waals surface area contributed by atoms with Crippen molar-refractivity contribution < 1.29 is 24.4 Å². The highest BCUT2D eigenvalue weighted by atomic mass is 79.9. The van der Waals surface area contributed by atoms with E-state index in [9.17, 15) is 24.8 Å². The molecule has 1 N–H and O–H groups in total. The number of nitrogens with zero attached hydrogens (tertiary/aromatic N) is 2. The fourth-order valence-corrected chi connectivity index (χ4v) is 4.58. The highest BCUT2D eigenvalue weighted by Gasteiger charge is 2.66. The first-order valence-corrected chi connectivity index (χ1v) is 8.97. The molecule has 10 heteroatoms. The number of aliphatic hydroxyl groups is 1. The third-order valence-electron chi connectivity index (χ3n) is 4.04. The van der Waals surface area contributed by atoms with Crippen LogP contribution in [-0.4, -0.2) is 42.6 Å². The van der Waals surface area contributed by atoms with Gasteiger partial charge in [0, 0.05) is 17.5 Å². The molecule has 0 saturated carbocycles. The van der Waals surface area contributed by atoms with Gasteiger partial charge in [-0.1, -0.05) is 15.9 Å². The molecule has 2 heterocycles. The average Bonchev–Trinajstić information content (AvgIpc) is 3.01. The van der Waals surface area contributed by atoms with Gasteiger partial charge in [0.25, 0.3) is 11.6 Å². The number of aliphatic hydroxyl groups excluding tert-OH is 1. The Morgan fingerprint density at radius 3 is 2.72 bits per heavy atom. The number of nitro benzene ring substituents is 1. The van der Waals surface area contributed by atoms with Crippen LogP contribution in [0.25, 0.3) is 0 Å². The van der Waals surface area contributed by atoms with E-state index in [0.29, 0.717) is 5.56 Å². The third kappa shape index (κ3) is 2.83. The van der Waals surface area contributed by atoms with E-state index in [-0.39, 0.29) is 18.0 Å². The van der Waals surface area contributed by atoms with Gasteiger partial charge in [0.15, 0.2) is 4.32 Å². The van der Waals surface area contributed by atoms with Gasteiger partial charge in [-0.15, -0.1) is 11.8 Å². The number of alkyl halides is 1. The Morgan fingerprint density at radius 1 is 1.52 bits per heavy atom. The van der Waals surface area contributed by atoms with Crippen molar-refractivity contribution in [2.24, 2.45) is 0 Å². The molecule has 8 nitrogen and oxygen atoms in total. The molecule has 3 atom stereocenters. The van der Waals surface area contributed by atoms with E-state index in [1.807, 2.05) is 0 Å². The maximum Gasteiger partial charge on any atom is 0.355 e. The number of fused-ring (bicyclic) bond motifs is 1. The van der Waals surface area contributed by atoms with Crippen LogP contribution in [0.1, 0.15) is 12.5 Å². The molecule has 0 aromatic heterocycles. The van der Waals surface area contributed by atoms with Gasteiger partial charge in [-0.2, -0.15) is 0 Å². The number of rotatable bonds is 5. The number of hydrogen-bond donors (Lipinski definition) is 1. The topological polar surface area (TPSA) is 110 Å². The summed E-state index contributed by atoms with van der Waals surface area (Å²) in [6.07, 6.45) is -0.905. The largest absolute Gasteiger partial charge is 0.456 e. The summed E-state index contributed by atoms with van der Waals surface area (Å²) in [6.45, 7) is 1.44. The van der Waals surface area contributed by atoms with Crippen molar-refractivity contribution in [3.05, 3.63) is 51.0 Å². The second kappa shape index (κ2) is 6.43. The van der Waals surface area contributed by atoms with E-state index in [1.165, 1.54) is 53.3 Å². The molecule has 0 bridgehead atoms. The summed E-state index contributed by atoms with van der Waals surface area (Å²) >= 11 is 4.53. The second-order valence-electron chi connectivity index (χ2n) is 5.61. The summed E-state index contributed by atoms with van der Waals surface area (Å²) in [6, 6.07) is 5.64. The Balaban J connectivity index is 1.62. The van der Waals surface area contributed by atoms with Crippen LogP contribution in [0.2, 0.25) is 0 Å². The molecule has 0 aliphatic carbocycles. The first kappa shape index (κ1) is 17.9. The second-order valence-corrected chi connectivity index (χ2v) is 7.88. The Hall–Kier alpha value is -1.91. The summed E-state index contributed by atoms with van der Waals surface area (Å²) in [5.41, 5.74) is 0.666. The smallest absolute Gasteiger partial charge is 0.355 e. The van der Waals surface area contributed by atoms with Gasteiger partial charge in [0.1, 0.15) is 17.7 Å². The molecule has 2 aliphatic heterocycles. The molecule has 2 aliphatic rings.